The van der Waals surface area contributed by atoms with Crippen molar-refractivity contribution in [3.63, 3.8) is 0 Å². The van der Waals surface area contributed by atoms with E-state index in [0.29, 0.717) is 17.5 Å². The summed E-state index contributed by atoms with van der Waals surface area (Å²) in [4.78, 5) is 13.4. The van der Waals surface area contributed by atoms with Crippen LogP contribution in [0.4, 0.5) is 5.82 Å². The standard InChI is InChI=1S/C19H17ClN8S/c1-27-7-5-13-16(27)8-11(15-4-6-23-28(15)2)14(24-13)10-22-18-12(9-21)17(20)25-19(26-18)29-3/h4-8H,10H2,1-3H3,(H,22,25,26). The minimum Gasteiger partial charge on any atom is -0.363 e. The molecule has 4 rings (SSSR count). The van der Waals surface area contributed by atoms with Gasteiger partial charge in [-0.05, 0) is 24.5 Å². The molecule has 4 heterocycles. The van der Waals surface area contributed by atoms with Gasteiger partial charge < -0.3 is 9.88 Å². The third-order valence-electron chi connectivity index (χ3n) is 4.60. The monoisotopic (exact) mass is 424 g/mol. The Balaban J connectivity index is 1.78. The minimum atomic E-state index is 0.132. The fourth-order valence-electron chi connectivity index (χ4n) is 3.12. The largest absolute Gasteiger partial charge is 0.363 e. The number of thioether (sulfide) groups is 1. The first-order valence-corrected chi connectivity index (χ1v) is 10.3. The van der Waals surface area contributed by atoms with E-state index in [4.69, 9.17) is 16.6 Å². The predicted octanol–water partition coefficient (Wildman–Crippen LogP) is 3.62. The van der Waals surface area contributed by atoms with Gasteiger partial charge in [-0.25, -0.2) is 15.0 Å². The summed E-state index contributed by atoms with van der Waals surface area (Å²) in [6.07, 6.45) is 5.59. The van der Waals surface area contributed by atoms with Crippen molar-refractivity contribution in [2.45, 2.75) is 11.7 Å². The van der Waals surface area contributed by atoms with E-state index < -0.39 is 0 Å². The van der Waals surface area contributed by atoms with Gasteiger partial charge in [-0.2, -0.15) is 10.4 Å². The summed E-state index contributed by atoms with van der Waals surface area (Å²) in [5.74, 6) is 0.391. The number of fused-ring (bicyclic) bond motifs is 1. The van der Waals surface area contributed by atoms with Crippen molar-refractivity contribution in [2.24, 2.45) is 14.1 Å². The molecular formula is C19H17ClN8S. The Morgan fingerprint density at radius 1 is 1.24 bits per heavy atom. The maximum absolute atomic E-state index is 9.45. The maximum atomic E-state index is 9.45. The van der Waals surface area contributed by atoms with Gasteiger partial charge in [0, 0.05) is 32.1 Å². The Morgan fingerprint density at radius 2 is 2.07 bits per heavy atom. The molecule has 0 aliphatic carbocycles. The lowest BCUT2D eigenvalue weighted by atomic mass is 10.1. The summed E-state index contributed by atoms with van der Waals surface area (Å²) in [6.45, 7) is 0.362. The molecular weight excluding hydrogens is 408 g/mol. The van der Waals surface area contributed by atoms with E-state index in [1.807, 2.05) is 47.9 Å². The second kappa shape index (κ2) is 7.73. The van der Waals surface area contributed by atoms with Crippen molar-refractivity contribution in [3.05, 3.63) is 47.0 Å². The normalized spacial score (nSPS) is 11.0. The van der Waals surface area contributed by atoms with Crippen LogP contribution in [0, 0.1) is 11.3 Å². The van der Waals surface area contributed by atoms with Gasteiger partial charge in [0.15, 0.2) is 16.1 Å². The molecule has 0 aromatic carbocycles. The zero-order chi connectivity index (χ0) is 20.5. The molecule has 0 unspecified atom stereocenters. The molecule has 146 valence electrons. The Bertz CT molecular complexity index is 1250. The summed E-state index contributed by atoms with van der Waals surface area (Å²) in [7, 11) is 3.88. The molecule has 8 nitrogen and oxygen atoms in total. The number of nitrogens with one attached hydrogen (secondary N) is 1. The van der Waals surface area contributed by atoms with E-state index in [-0.39, 0.29) is 10.7 Å². The van der Waals surface area contributed by atoms with Gasteiger partial charge in [-0.3, -0.25) is 4.68 Å². The SMILES string of the molecule is CSc1nc(Cl)c(C#N)c(NCc2nc3ccn(C)c3cc2-c2ccnn2C)n1. The second-order valence-electron chi connectivity index (χ2n) is 6.34. The number of nitriles is 1. The van der Waals surface area contributed by atoms with Crippen molar-refractivity contribution in [1.29, 1.82) is 5.26 Å². The molecule has 0 radical (unpaired) electrons. The van der Waals surface area contributed by atoms with Crippen molar-refractivity contribution < 1.29 is 0 Å². The zero-order valence-electron chi connectivity index (χ0n) is 16.0. The number of pyridine rings is 1. The second-order valence-corrected chi connectivity index (χ2v) is 7.48. The lowest BCUT2D eigenvalue weighted by molar-refractivity contribution is 0.774. The molecule has 0 amide bonds. The van der Waals surface area contributed by atoms with E-state index in [1.165, 1.54) is 11.8 Å². The number of hydrogen-bond donors (Lipinski definition) is 1. The lowest BCUT2D eigenvalue weighted by Gasteiger charge is -2.13. The molecule has 0 aliphatic rings. The quantitative estimate of drug-likeness (QED) is 0.297. The van der Waals surface area contributed by atoms with E-state index in [2.05, 4.69) is 32.5 Å². The number of anilines is 1. The maximum Gasteiger partial charge on any atom is 0.190 e. The first-order chi connectivity index (χ1) is 14.0. The zero-order valence-corrected chi connectivity index (χ0v) is 17.6. The highest BCUT2D eigenvalue weighted by atomic mass is 35.5. The molecule has 4 aromatic heterocycles. The topological polar surface area (TPSA) is 97.2 Å². The highest BCUT2D eigenvalue weighted by Gasteiger charge is 2.16. The average molecular weight is 425 g/mol. The van der Waals surface area contributed by atoms with Gasteiger partial charge in [0.05, 0.1) is 29.0 Å². The molecule has 0 spiro atoms. The molecule has 0 atom stereocenters. The van der Waals surface area contributed by atoms with Crippen LogP contribution in [-0.2, 0) is 20.6 Å². The first-order valence-electron chi connectivity index (χ1n) is 8.70. The molecule has 4 aromatic rings. The van der Waals surface area contributed by atoms with Gasteiger partial charge in [-0.1, -0.05) is 23.4 Å². The van der Waals surface area contributed by atoms with Crippen molar-refractivity contribution >= 4 is 40.2 Å². The molecule has 0 saturated carbocycles. The Labute approximate surface area is 176 Å². The highest BCUT2D eigenvalue weighted by molar-refractivity contribution is 7.98. The summed E-state index contributed by atoms with van der Waals surface area (Å²) in [5, 5.41) is 17.6. The van der Waals surface area contributed by atoms with Crippen LogP contribution in [0.25, 0.3) is 22.3 Å². The van der Waals surface area contributed by atoms with Gasteiger partial charge >= 0.3 is 0 Å². The fraction of sp³-hybridized carbons (Fsp3) is 0.211. The van der Waals surface area contributed by atoms with Crippen LogP contribution in [0.1, 0.15) is 11.3 Å². The predicted molar refractivity (Wildman–Crippen MR) is 114 cm³/mol. The van der Waals surface area contributed by atoms with E-state index in [9.17, 15) is 5.26 Å². The Morgan fingerprint density at radius 3 is 2.76 bits per heavy atom. The van der Waals surface area contributed by atoms with Crippen LogP contribution < -0.4 is 5.32 Å². The molecule has 1 N–H and O–H groups in total. The number of aryl methyl sites for hydroxylation is 2. The van der Waals surface area contributed by atoms with E-state index in [0.717, 1.165) is 28.0 Å². The van der Waals surface area contributed by atoms with Crippen molar-refractivity contribution in [2.75, 3.05) is 11.6 Å². The van der Waals surface area contributed by atoms with E-state index >= 15 is 0 Å². The first kappa shape index (κ1) is 19.2. The van der Waals surface area contributed by atoms with Crippen molar-refractivity contribution in [1.82, 2.24) is 29.3 Å². The Hall–Kier alpha value is -3.09. The third kappa shape index (κ3) is 3.52. The lowest BCUT2D eigenvalue weighted by Crippen LogP contribution is -2.09. The molecule has 0 aliphatic heterocycles. The van der Waals surface area contributed by atoms with Crippen LogP contribution in [-0.4, -0.2) is 35.6 Å². The number of rotatable bonds is 5. The molecule has 10 heteroatoms. The minimum absolute atomic E-state index is 0.132. The van der Waals surface area contributed by atoms with E-state index in [1.54, 1.807) is 6.20 Å². The van der Waals surface area contributed by atoms with Crippen LogP contribution in [0.15, 0.2) is 35.7 Å². The summed E-state index contributed by atoms with van der Waals surface area (Å²) >= 11 is 7.51. The van der Waals surface area contributed by atoms with Gasteiger partial charge in [0.2, 0.25) is 0 Å². The van der Waals surface area contributed by atoms with Gasteiger partial charge in [0.1, 0.15) is 11.6 Å². The van der Waals surface area contributed by atoms with Crippen LogP contribution >= 0.6 is 23.4 Å². The number of hydrogen-bond acceptors (Lipinski definition) is 7. The summed E-state index contributed by atoms with van der Waals surface area (Å²) in [6, 6.07) is 8.09. The van der Waals surface area contributed by atoms with Gasteiger partial charge in [0.25, 0.3) is 0 Å². The van der Waals surface area contributed by atoms with Crippen molar-refractivity contribution in [3.8, 4) is 17.3 Å². The van der Waals surface area contributed by atoms with Gasteiger partial charge in [-0.15, -0.1) is 0 Å². The number of halogens is 1. The molecule has 29 heavy (non-hydrogen) atoms. The summed E-state index contributed by atoms with van der Waals surface area (Å²) in [5.41, 5.74) is 4.85. The van der Waals surface area contributed by atoms with Crippen LogP contribution in [0.5, 0.6) is 0 Å². The number of aromatic nitrogens is 6. The summed E-state index contributed by atoms with van der Waals surface area (Å²) < 4.78 is 3.84. The van der Waals surface area contributed by atoms with Crippen LogP contribution in [0.3, 0.4) is 0 Å². The smallest absolute Gasteiger partial charge is 0.190 e. The fourth-order valence-corrected chi connectivity index (χ4v) is 3.75. The molecule has 0 fully saturated rings. The third-order valence-corrected chi connectivity index (χ3v) is 5.43. The molecule has 0 bridgehead atoms. The average Bonchev–Trinajstić information content (AvgIpc) is 3.30. The Kier molecular flexibility index (Phi) is 5.13. The number of nitrogens with zero attached hydrogens (tertiary/aromatic N) is 7. The highest BCUT2D eigenvalue weighted by Crippen LogP contribution is 2.28. The molecule has 0 saturated heterocycles. The van der Waals surface area contributed by atoms with Crippen LogP contribution in [0.2, 0.25) is 5.15 Å².